The maximum absolute atomic E-state index is 10.5. The largest absolute Gasteiger partial charge is 0.388 e. The second kappa shape index (κ2) is 5.13. The molecule has 102 valence electrons. The number of hydrogen-bond acceptors (Lipinski definition) is 3. The lowest BCUT2D eigenvalue weighted by Crippen LogP contribution is -2.17. The van der Waals surface area contributed by atoms with Crippen LogP contribution in [0.15, 0.2) is 30.5 Å². The van der Waals surface area contributed by atoms with Gasteiger partial charge in [0, 0.05) is 19.7 Å². The molecule has 1 heterocycles. The minimum atomic E-state index is -0.549. The Hall–Kier alpha value is -1.68. The highest BCUT2D eigenvalue weighted by Crippen LogP contribution is 2.30. The Bertz CT molecular complexity index is 555. The van der Waals surface area contributed by atoms with Crippen molar-refractivity contribution in [2.24, 2.45) is 7.05 Å². The summed E-state index contributed by atoms with van der Waals surface area (Å²) in [5.74, 6) is 0. The summed E-state index contributed by atoms with van der Waals surface area (Å²) in [6.07, 6.45) is 1.77. The van der Waals surface area contributed by atoms with Crippen molar-refractivity contribution in [2.45, 2.75) is 38.7 Å². The van der Waals surface area contributed by atoms with Crippen molar-refractivity contribution in [1.29, 1.82) is 0 Å². The van der Waals surface area contributed by atoms with E-state index in [-0.39, 0.29) is 5.41 Å². The summed E-state index contributed by atoms with van der Waals surface area (Å²) in [6.45, 7) is 6.46. The Morgan fingerprint density at radius 2 is 1.95 bits per heavy atom. The Balaban J connectivity index is 2.26. The maximum atomic E-state index is 10.5. The fourth-order valence-electron chi connectivity index (χ4n) is 2.27. The van der Waals surface area contributed by atoms with E-state index in [4.69, 9.17) is 0 Å². The van der Waals surface area contributed by atoms with Gasteiger partial charge < -0.3 is 5.11 Å². The van der Waals surface area contributed by atoms with Crippen LogP contribution in [0.3, 0.4) is 0 Å². The van der Waals surface area contributed by atoms with E-state index >= 15 is 0 Å². The van der Waals surface area contributed by atoms with Gasteiger partial charge in [-0.3, -0.25) is 4.68 Å². The van der Waals surface area contributed by atoms with Gasteiger partial charge in [0.25, 0.3) is 0 Å². The normalized spacial score (nSPS) is 13.5. The molecule has 0 spiro atoms. The second-order valence-corrected chi connectivity index (χ2v) is 5.94. The minimum absolute atomic E-state index is 0.0138. The van der Waals surface area contributed by atoms with Crippen molar-refractivity contribution in [3.63, 3.8) is 0 Å². The van der Waals surface area contributed by atoms with E-state index in [2.05, 4.69) is 37.1 Å². The zero-order valence-corrected chi connectivity index (χ0v) is 12.0. The number of rotatable bonds is 3. The zero-order valence-electron chi connectivity index (χ0n) is 12.0. The molecular formula is C15H21N3O. The Labute approximate surface area is 114 Å². The van der Waals surface area contributed by atoms with Gasteiger partial charge in [-0.05, 0) is 16.5 Å². The van der Waals surface area contributed by atoms with Crippen LogP contribution in [0.25, 0.3) is 0 Å². The zero-order chi connectivity index (χ0) is 14.0. The molecule has 1 aromatic heterocycles. The number of aryl methyl sites for hydroxylation is 1. The first-order valence-electron chi connectivity index (χ1n) is 6.50. The van der Waals surface area contributed by atoms with Crippen molar-refractivity contribution in [1.82, 2.24) is 15.0 Å². The third kappa shape index (κ3) is 3.20. The first-order chi connectivity index (χ1) is 8.88. The summed E-state index contributed by atoms with van der Waals surface area (Å²) >= 11 is 0. The number of nitrogens with zero attached hydrogens (tertiary/aromatic N) is 3. The van der Waals surface area contributed by atoms with Crippen molar-refractivity contribution in [3.05, 3.63) is 47.3 Å². The molecule has 2 aromatic rings. The van der Waals surface area contributed by atoms with Gasteiger partial charge in [-0.1, -0.05) is 50.3 Å². The average molecular weight is 259 g/mol. The van der Waals surface area contributed by atoms with E-state index in [0.717, 1.165) is 11.3 Å². The molecular weight excluding hydrogens is 238 g/mol. The van der Waals surface area contributed by atoms with E-state index in [9.17, 15) is 5.11 Å². The van der Waals surface area contributed by atoms with Crippen LogP contribution in [-0.2, 0) is 18.9 Å². The van der Waals surface area contributed by atoms with Crippen LogP contribution in [0.5, 0.6) is 0 Å². The highest BCUT2D eigenvalue weighted by Gasteiger charge is 2.22. The van der Waals surface area contributed by atoms with Crippen molar-refractivity contribution in [3.8, 4) is 0 Å². The standard InChI is InChI=1S/C15H21N3O/c1-15(2,3)13-8-6-5-7-12(13)14(19)9-11-10-18(4)17-16-11/h5-8,10,14,19H,9H2,1-4H3. The summed E-state index contributed by atoms with van der Waals surface area (Å²) in [5, 5.41) is 18.4. The first-order valence-corrected chi connectivity index (χ1v) is 6.50. The molecule has 19 heavy (non-hydrogen) atoms. The van der Waals surface area contributed by atoms with Gasteiger partial charge in [0.2, 0.25) is 0 Å². The lowest BCUT2D eigenvalue weighted by Gasteiger charge is -2.25. The molecule has 1 aromatic carbocycles. The summed E-state index contributed by atoms with van der Waals surface area (Å²) in [7, 11) is 1.83. The number of aromatic nitrogens is 3. The number of aliphatic hydroxyl groups excluding tert-OH is 1. The van der Waals surface area contributed by atoms with E-state index in [1.165, 1.54) is 5.56 Å². The summed E-state index contributed by atoms with van der Waals surface area (Å²) in [5.41, 5.74) is 2.96. The van der Waals surface area contributed by atoms with Crippen LogP contribution < -0.4 is 0 Å². The fraction of sp³-hybridized carbons (Fsp3) is 0.467. The van der Waals surface area contributed by atoms with Crippen LogP contribution in [0, 0.1) is 0 Å². The van der Waals surface area contributed by atoms with E-state index < -0.39 is 6.10 Å². The third-order valence-corrected chi connectivity index (χ3v) is 3.18. The molecule has 0 amide bonds. The van der Waals surface area contributed by atoms with Crippen LogP contribution in [-0.4, -0.2) is 20.1 Å². The van der Waals surface area contributed by atoms with Crippen LogP contribution >= 0.6 is 0 Å². The molecule has 4 nitrogen and oxygen atoms in total. The van der Waals surface area contributed by atoms with E-state index in [0.29, 0.717) is 6.42 Å². The van der Waals surface area contributed by atoms with Gasteiger partial charge in [-0.15, -0.1) is 5.10 Å². The van der Waals surface area contributed by atoms with Gasteiger partial charge >= 0.3 is 0 Å². The number of hydrogen-bond donors (Lipinski definition) is 1. The van der Waals surface area contributed by atoms with Crippen LogP contribution in [0.4, 0.5) is 0 Å². The minimum Gasteiger partial charge on any atom is -0.388 e. The van der Waals surface area contributed by atoms with E-state index in [1.54, 1.807) is 4.68 Å². The average Bonchev–Trinajstić information content (AvgIpc) is 2.73. The molecule has 1 atom stereocenters. The molecule has 4 heteroatoms. The molecule has 0 aliphatic rings. The fourth-order valence-corrected chi connectivity index (χ4v) is 2.27. The lowest BCUT2D eigenvalue weighted by atomic mass is 9.82. The molecule has 0 bridgehead atoms. The van der Waals surface area contributed by atoms with Gasteiger partial charge in [0.15, 0.2) is 0 Å². The molecule has 0 saturated carbocycles. The topological polar surface area (TPSA) is 50.9 Å². The molecule has 0 fully saturated rings. The van der Waals surface area contributed by atoms with Crippen LogP contribution in [0.1, 0.15) is 43.7 Å². The van der Waals surface area contributed by atoms with E-state index in [1.807, 2.05) is 31.4 Å². The van der Waals surface area contributed by atoms with Crippen molar-refractivity contribution in [2.75, 3.05) is 0 Å². The summed E-state index contributed by atoms with van der Waals surface area (Å²) in [4.78, 5) is 0. The predicted octanol–water partition coefficient (Wildman–Crippen LogP) is 2.39. The molecule has 0 aliphatic heterocycles. The molecule has 1 N–H and O–H groups in total. The first kappa shape index (κ1) is 13.7. The van der Waals surface area contributed by atoms with Crippen molar-refractivity contribution < 1.29 is 5.11 Å². The maximum Gasteiger partial charge on any atom is 0.0856 e. The van der Waals surface area contributed by atoms with Crippen LogP contribution in [0.2, 0.25) is 0 Å². The van der Waals surface area contributed by atoms with Crippen molar-refractivity contribution >= 4 is 0 Å². The number of benzene rings is 1. The quantitative estimate of drug-likeness (QED) is 0.920. The summed E-state index contributed by atoms with van der Waals surface area (Å²) in [6, 6.07) is 8.04. The molecule has 1 unspecified atom stereocenters. The second-order valence-electron chi connectivity index (χ2n) is 5.94. The molecule has 0 saturated heterocycles. The Morgan fingerprint density at radius 3 is 2.53 bits per heavy atom. The molecule has 0 radical (unpaired) electrons. The molecule has 2 rings (SSSR count). The smallest absolute Gasteiger partial charge is 0.0856 e. The summed E-state index contributed by atoms with van der Waals surface area (Å²) < 4.78 is 1.65. The number of aliphatic hydroxyl groups is 1. The molecule has 0 aliphatic carbocycles. The highest BCUT2D eigenvalue weighted by atomic mass is 16.3. The Kier molecular flexibility index (Phi) is 3.71. The van der Waals surface area contributed by atoms with Gasteiger partial charge in [0.1, 0.15) is 0 Å². The van der Waals surface area contributed by atoms with Gasteiger partial charge in [0.05, 0.1) is 11.8 Å². The van der Waals surface area contributed by atoms with Gasteiger partial charge in [-0.25, -0.2) is 0 Å². The van der Waals surface area contributed by atoms with Gasteiger partial charge in [-0.2, -0.15) is 0 Å². The third-order valence-electron chi connectivity index (χ3n) is 3.18. The predicted molar refractivity (Wildman–Crippen MR) is 74.8 cm³/mol. The monoisotopic (exact) mass is 259 g/mol. The highest BCUT2D eigenvalue weighted by molar-refractivity contribution is 5.34. The SMILES string of the molecule is Cn1cc(CC(O)c2ccccc2C(C)(C)C)nn1. The Morgan fingerprint density at radius 1 is 1.26 bits per heavy atom. The lowest BCUT2D eigenvalue weighted by molar-refractivity contribution is 0.174.